The maximum atomic E-state index is 11.0. The van der Waals surface area contributed by atoms with E-state index in [1.165, 1.54) is 19.3 Å². The Morgan fingerprint density at radius 3 is 2.92 bits per heavy atom. The molecular formula is C7H7N5O. The zero-order chi connectivity index (χ0) is 9.68. The summed E-state index contributed by atoms with van der Waals surface area (Å²) in [6, 6.07) is 0. The van der Waals surface area contributed by atoms with Crippen LogP contribution in [0.2, 0.25) is 0 Å². The third-order valence-corrected chi connectivity index (χ3v) is 1.39. The van der Waals surface area contributed by atoms with E-state index in [4.69, 9.17) is 5.53 Å². The summed E-state index contributed by atoms with van der Waals surface area (Å²) in [5, 5.41) is 3.31. The molecule has 0 spiro atoms. The lowest BCUT2D eigenvalue weighted by atomic mass is 10.2. The van der Waals surface area contributed by atoms with Gasteiger partial charge in [-0.15, -0.1) is 0 Å². The third kappa shape index (κ3) is 2.25. The van der Waals surface area contributed by atoms with Crippen LogP contribution in [0, 0.1) is 0 Å². The van der Waals surface area contributed by atoms with Gasteiger partial charge in [0.15, 0.2) is 5.78 Å². The largest absolute Gasteiger partial charge is 0.293 e. The molecule has 0 bridgehead atoms. The molecule has 0 aliphatic carbocycles. The molecule has 0 N–H and O–H groups in total. The first-order valence-corrected chi connectivity index (χ1v) is 3.57. The van der Waals surface area contributed by atoms with E-state index >= 15 is 0 Å². The highest BCUT2D eigenvalue weighted by Gasteiger charge is 2.07. The topological polar surface area (TPSA) is 91.6 Å². The minimum atomic E-state index is -0.184. The van der Waals surface area contributed by atoms with Crippen LogP contribution in [0.1, 0.15) is 23.1 Å². The molecule has 6 nitrogen and oxygen atoms in total. The van der Waals surface area contributed by atoms with Crippen molar-refractivity contribution in [1.29, 1.82) is 0 Å². The van der Waals surface area contributed by atoms with Crippen LogP contribution in [0.4, 0.5) is 0 Å². The normalized spacial score (nSPS) is 9.00. The molecule has 66 valence electrons. The highest BCUT2D eigenvalue weighted by atomic mass is 16.1. The Kier molecular flexibility index (Phi) is 2.94. The Morgan fingerprint density at radius 2 is 2.31 bits per heavy atom. The number of Topliss-reactive ketones (excluding diaryl/α,β-unsaturated/α-hetero) is 1. The van der Waals surface area contributed by atoms with Crippen LogP contribution in [0.15, 0.2) is 17.5 Å². The molecule has 0 aliphatic heterocycles. The van der Waals surface area contributed by atoms with Crippen molar-refractivity contribution in [1.82, 2.24) is 9.97 Å². The van der Waals surface area contributed by atoms with Crippen molar-refractivity contribution in [3.63, 3.8) is 0 Å². The molecule has 0 aromatic carbocycles. The third-order valence-electron chi connectivity index (χ3n) is 1.39. The van der Waals surface area contributed by atoms with Crippen molar-refractivity contribution in [2.45, 2.75) is 13.5 Å². The van der Waals surface area contributed by atoms with Gasteiger partial charge in [-0.25, -0.2) is 4.98 Å². The molecule has 6 heteroatoms. The van der Waals surface area contributed by atoms with Crippen LogP contribution >= 0.6 is 0 Å². The fourth-order valence-electron chi connectivity index (χ4n) is 0.875. The molecule has 0 amide bonds. The zero-order valence-electron chi connectivity index (χ0n) is 7.01. The lowest BCUT2D eigenvalue weighted by Gasteiger charge is -1.99. The minimum absolute atomic E-state index is 0.0548. The van der Waals surface area contributed by atoms with Gasteiger partial charge < -0.3 is 0 Å². The van der Waals surface area contributed by atoms with E-state index in [9.17, 15) is 4.79 Å². The second kappa shape index (κ2) is 4.18. The quantitative estimate of drug-likeness (QED) is 0.303. The molecule has 0 unspecified atom stereocenters. The van der Waals surface area contributed by atoms with E-state index < -0.39 is 0 Å². The Bertz CT molecular complexity index is 369. The van der Waals surface area contributed by atoms with Crippen LogP contribution in [-0.4, -0.2) is 15.8 Å². The predicted molar refractivity (Wildman–Crippen MR) is 44.9 cm³/mol. The van der Waals surface area contributed by atoms with E-state index in [1.54, 1.807) is 0 Å². The first-order valence-electron chi connectivity index (χ1n) is 3.57. The number of rotatable bonds is 3. The predicted octanol–water partition coefficient (Wildman–Crippen LogP) is 1.49. The fourth-order valence-corrected chi connectivity index (χ4v) is 0.875. The molecule has 0 aliphatic rings. The maximum absolute atomic E-state index is 11.0. The van der Waals surface area contributed by atoms with Gasteiger partial charge in [0.1, 0.15) is 5.69 Å². The van der Waals surface area contributed by atoms with Gasteiger partial charge in [0.2, 0.25) is 0 Å². The van der Waals surface area contributed by atoms with Crippen molar-refractivity contribution in [2.75, 3.05) is 0 Å². The number of azide groups is 1. The van der Waals surface area contributed by atoms with Gasteiger partial charge in [-0.05, 0) is 5.53 Å². The average Bonchev–Trinajstić information content (AvgIpc) is 2.15. The number of hydrogen-bond donors (Lipinski definition) is 0. The summed E-state index contributed by atoms with van der Waals surface area (Å²) in [4.78, 5) is 21.3. The van der Waals surface area contributed by atoms with Crippen molar-refractivity contribution >= 4 is 5.78 Å². The number of carbonyl (C=O) groups excluding carboxylic acids is 1. The van der Waals surface area contributed by atoms with Crippen LogP contribution in [0.5, 0.6) is 0 Å². The highest BCUT2D eigenvalue weighted by Crippen LogP contribution is 2.03. The Morgan fingerprint density at radius 1 is 1.62 bits per heavy atom. The monoisotopic (exact) mass is 177 g/mol. The van der Waals surface area contributed by atoms with E-state index in [0.717, 1.165) is 0 Å². The second-order valence-electron chi connectivity index (χ2n) is 2.30. The SMILES string of the molecule is CC(=O)c1nccnc1CN=[N+]=[N-]. The molecule has 13 heavy (non-hydrogen) atoms. The summed E-state index contributed by atoms with van der Waals surface area (Å²) in [5.74, 6) is -0.184. The van der Waals surface area contributed by atoms with Crippen molar-refractivity contribution in [3.8, 4) is 0 Å². The lowest BCUT2D eigenvalue weighted by Crippen LogP contribution is -2.04. The molecule has 1 aromatic heterocycles. The first-order chi connectivity index (χ1) is 6.25. The van der Waals surface area contributed by atoms with E-state index in [0.29, 0.717) is 5.69 Å². The minimum Gasteiger partial charge on any atom is -0.293 e. The van der Waals surface area contributed by atoms with Gasteiger partial charge in [-0.3, -0.25) is 9.78 Å². The molecule has 0 saturated carbocycles. The molecule has 0 radical (unpaired) electrons. The standard InChI is InChI=1S/C7H7N5O/c1-5(13)7-6(4-11-12-8)9-2-3-10-7/h2-3H,4H2,1H3. The maximum Gasteiger partial charge on any atom is 0.179 e. The average molecular weight is 177 g/mol. The Balaban J connectivity index is 3.04. The summed E-state index contributed by atoms with van der Waals surface area (Å²) in [7, 11) is 0. The molecule has 0 saturated heterocycles. The first kappa shape index (κ1) is 9.15. The van der Waals surface area contributed by atoms with Gasteiger partial charge in [0.25, 0.3) is 0 Å². The highest BCUT2D eigenvalue weighted by molar-refractivity contribution is 5.93. The van der Waals surface area contributed by atoms with Crippen molar-refractivity contribution in [2.24, 2.45) is 5.11 Å². The molecule has 0 fully saturated rings. The zero-order valence-corrected chi connectivity index (χ0v) is 7.01. The molecule has 1 aromatic rings. The molecular weight excluding hydrogens is 170 g/mol. The van der Waals surface area contributed by atoms with E-state index in [2.05, 4.69) is 20.0 Å². The van der Waals surface area contributed by atoms with Crippen LogP contribution in [0.3, 0.4) is 0 Å². The molecule has 1 heterocycles. The van der Waals surface area contributed by atoms with Crippen LogP contribution < -0.4 is 0 Å². The number of ketones is 1. The van der Waals surface area contributed by atoms with E-state index in [1.807, 2.05) is 0 Å². The molecule has 0 atom stereocenters. The Hall–Kier alpha value is -1.94. The summed E-state index contributed by atoms with van der Waals surface area (Å²) >= 11 is 0. The summed E-state index contributed by atoms with van der Waals surface area (Å²) < 4.78 is 0. The van der Waals surface area contributed by atoms with Crippen molar-refractivity contribution in [3.05, 3.63) is 34.2 Å². The summed E-state index contributed by atoms with van der Waals surface area (Å²) in [6.07, 6.45) is 2.88. The van der Waals surface area contributed by atoms with E-state index in [-0.39, 0.29) is 18.0 Å². The second-order valence-corrected chi connectivity index (χ2v) is 2.30. The number of hydrogen-bond acceptors (Lipinski definition) is 4. The van der Waals surface area contributed by atoms with Crippen LogP contribution in [-0.2, 0) is 6.54 Å². The van der Waals surface area contributed by atoms with Crippen LogP contribution in [0.25, 0.3) is 10.4 Å². The van der Waals surface area contributed by atoms with Gasteiger partial charge in [-0.2, -0.15) is 0 Å². The summed E-state index contributed by atoms with van der Waals surface area (Å²) in [5.41, 5.74) is 8.75. The van der Waals surface area contributed by atoms with Crippen molar-refractivity contribution < 1.29 is 4.79 Å². The number of aromatic nitrogens is 2. The lowest BCUT2D eigenvalue weighted by molar-refractivity contribution is 0.101. The smallest absolute Gasteiger partial charge is 0.179 e. The fraction of sp³-hybridized carbons (Fsp3) is 0.286. The summed E-state index contributed by atoms with van der Waals surface area (Å²) in [6.45, 7) is 1.45. The number of nitrogens with zero attached hydrogens (tertiary/aromatic N) is 5. The Labute approximate surface area is 74.3 Å². The van der Waals surface area contributed by atoms with Gasteiger partial charge in [0.05, 0.1) is 12.2 Å². The van der Waals surface area contributed by atoms with Gasteiger partial charge in [0, 0.05) is 24.2 Å². The van der Waals surface area contributed by atoms with Gasteiger partial charge >= 0.3 is 0 Å². The van der Waals surface area contributed by atoms with Gasteiger partial charge in [-0.1, -0.05) is 5.11 Å². The number of carbonyl (C=O) groups is 1. The molecule has 1 rings (SSSR count).